The number of nitrogens with one attached hydrogen (secondary N) is 1. The predicted molar refractivity (Wildman–Crippen MR) is 122 cm³/mol. The summed E-state index contributed by atoms with van der Waals surface area (Å²) in [6.07, 6.45) is 8.57. The van der Waals surface area contributed by atoms with Crippen molar-refractivity contribution in [1.82, 2.24) is 24.3 Å². The number of benzene rings is 1. The van der Waals surface area contributed by atoms with Crippen molar-refractivity contribution in [2.45, 2.75) is 58.0 Å². The molecular formula is C24H31N5O2. The molecule has 2 aliphatic rings. The number of nitrogens with zero attached hydrogens (tertiary/aromatic N) is 4. The molecule has 5 rings (SSSR count). The highest BCUT2D eigenvalue weighted by Crippen LogP contribution is 2.24. The highest BCUT2D eigenvalue weighted by molar-refractivity contribution is 6.04. The number of fused-ring (bicyclic) bond motifs is 3. The number of amides is 1. The van der Waals surface area contributed by atoms with E-state index >= 15 is 0 Å². The minimum atomic E-state index is -0.117. The summed E-state index contributed by atoms with van der Waals surface area (Å²) >= 11 is 0. The Bertz CT molecular complexity index is 1150. The summed E-state index contributed by atoms with van der Waals surface area (Å²) in [5.41, 5.74) is 3.14. The monoisotopic (exact) mass is 421 g/mol. The molecule has 1 N–H and O–H groups in total. The van der Waals surface area contributed by atoms with E-state index in [1.807, 2.05) is 30.0 Å². The first kappa shape index (κ1) is 20.2. The van der Waals surface area contributed by atoms with Gasteiger partial charge in [0.1, 0.15) is 11.0 Å². The highest BCUT2D eigenvalue weighted by atomic mass is 16.2. The van der Waals surface area contributed by atoms with Gasteiger partial charge in [-0.3, -0.25) is 19.1 Å². The lowest BCUT2D eigenvalue weighted by Gasteiger charge is -2.40. The van der Waals surface area contributed by atoms with Crippen LogP contribution in [0, 0.1) is 6.92 Å². The highest BCUT2D eigenvalue weighted by Gasteiger charge is 2.27. The lowest BCUT2D eigenvalue weighted by molar-refractivity contribution is -0.133. The quantitative estimate of drug-likeness (QED) is 0.703. The van der Waals surface area contributed by atoms with E-state index in [2.05, 4.69) is 14.9 Å². The molecule has 1 aliphatic carbocycles. The van der Waals surface area contributed by atoms with Crippen molar-refractivity contribution in [3.05, 3.63) is 40.4 Å². The maximum absolute atomic E-state index is 13.0. The van der Waals surface area contributed by atoms with Gasteiger partial charge in [-0.15, -0.1) is 0 Å². The van der Waals surface area contributed by atoms with Gasteiger partial charge in [-0.1, -0.05) is 30.9 Å². The molecule has 0 bridgehead atoms. The van der Waals surface area contributed by atoms with E-state index in [0.717, 1.165) is 42.6 Å². The molecule has 1 saturated heterocycles. The Labute approximate surface area is 182 Å². The summed E-state index contributed by atoms with van der Waals surface area (Å²) in [6.45, 7) is 5.92. The summed E-state index contributed by atoms with van der Waals surface area (Å²) in [4.78, 5) is 38.0. The van der Waals surface area contributed by atoms with Crippen LogP contribution in [0.5, 0.6) is 0 Å². The number of hydrogen-bond acceptors (Lipinski definition) is 4. The number of rotatable bonds is 4. The molecule has 164 valence electrons. The number of carbonyl (C=O) groups is 1. The number of H-pyrrole nitrogens is 1. The van der Waals surface area contributed by atoms with Crippen LogP contribution in [-0.2, 0) is 11.3 Å². The SMILES string of the molecule is Cc1ccc2[nH]c3c(=O)n(CCC(=O)N4CCN(C5CCCCC5)CC4)cnc3c2c1. The van der Waals surface area contributed by atoms with Crippen molar-refractivity contribution in [3.63, 3.8) is 0 Å². The van der Waals surface area contributed by atoms with Crippen molar-refractivity contribution >= 4 is 27.8 Å². The maximum atomic E-state index is 13.0. The van der Waals surface area contributed by atoms with Gasteiger partial charge in [0.25, 0.3) is 5.56 Å². The van der Waals surface area contributed by atoms with Gasteiger partial charge in [-0.2, -0.15) is 0 Å². The van der Waals surface area contributed by atoms with Gasteiger partial charge in [0.2, 0.25) is 5.91 Å². The van der Waals surface area contributed by atoms with Crippen LogP contribution >= 0.6 is 0 Å². The van der Waals surface area contributed by atoms with Gasteiger partial charge in [0.05, 0.1) is 6.33 Å². The molecule has 1 aromatic carbocycles. The minimum absolute atomic E-state index is 0.117. The average molecular weight is 422 g/mol. The first-order valence-corrected chi connectivity index (χ1v) is 11.6. The first-order valence-electron chi connectivity index (χ1n) is 11.6. The molecule has 0 unspecified atom stereocenters. The van der Waals surface area contributed by atoms with Crippen LogP contribution in [-0.4, -0.2) is 62.5 Å². The maximum Gasteiger partial charge on any atom is 0.277 e. The van der Waals surface area contributed by atoms with Crippen LogP contribution in [0.4, 0.5) is 0 Å². The number of aryl methyl sites for hydroxylation is 2. The van der Waals surface area contributed by atoms with E-state index in [1.54, 1.807) is 10.9 Å². The molecule has 2 fully saturated rings. The molecule has 1 aliphatic heterocycles. The van der Waals surface area contributed by atoms with E-state index in [-0.39, 0.29) is 11.5 Å². The van der Waals surface area contributed by atoms with E-state index < -0.39 is 0 Å². The summed E-state index contributed by atoms with van der Waals surface area (Å²) < 4.78 is 1.56. The number of aromatic amines is 1. The second kappa shape index (κ2) is 8.46. The third kappa shape index (κ3) is 3.99. The Morgan fingerprint density at radius 2 is 1.90 bits per heavy atom. The topological polar surface area (TPSA) is 74.2 Å². The molecule has 31 heavy (non-hydrogen) atoms. The lowest BCUT2D eigenvalue weighted by Crippen LogP contribution is -2.52. The van der Waals surface area contributed by atoms with Crippen molar-refractivity contribution < 1.29 is 4.79 Å². The van der Waals surface area contributed by atoms with Gasteiger partial charge in [0.15, 0.2) is 0 Å². The number of piperazine rings is 1. The lowest BCUT2D eigenvalue weighted by atomic mass is 9.94. The largest absolute Gasteiger partial charge is 0.349 e. The van der Waals surface area contributed by atoms with Gasteiger partial charge in [-0.05, 0) is 31.9 Å². The Hall–Kier alpha value is -2.67. The number of carbonyl (C=O) groups excluding carboxylic acids is 1. The summed E-state index contributed by atoms with van der Waals surface area (Å²) in [5.74, 6) is 0.127. The van der Waals surface area contributed by atoms with Gasteiger partial charge >= 0.3 is 0 Å². The van der Waals surface area contributed by atoms with Crippen molar-refractivity contribution in [2.75, 3.05) is 26.2 Å². The fourth-order valence-corrected chi connectivity index (χ4v) is 5.22. The summed E-state index contributed by atoms with van der Waals surface area (Å²) in [6, 6.07) is 6.75. The van der Waals surface area contributed by atoms with Crippen LogP contribution in [0.3, 0.4) is 0 Å². The average Bonchev–Trinajstić information content (AvgIpc) is 3.18. The fourth-order valence-electron chi connectivity index (χ4n) is 5.22. The molecule has 2 aromatic heterocycles. The van der Waals surface area contributed by atoms with E-state index in [4.69, 9.17) is 0 Å². The number of hydrogen-bond donors (Lipinski definition) is 1. The smallest absolute Gasteiger partial charge is 0.277 e. The second-order valence-electron chi connectivity index (χ2n) is 9.10. The van der Waals surface area contributed by atoms with Crippen LogP contribution in [0.15, 0.2) is 29.3 Å². The molecule has 1 saturated carbocycles. The van der Waals surface area contributed by atoms with Crippen LogP contribution in [0.2, 0.25) is 0 Å². The molecule has 7 nitrogen and oxygen atoms in total. The molecule has 3 heterocycles. The zero-order chi connectivity index (χ0) is 21.4. The van der Waals surface area contributed by atoms with Crippen LogP contribution < -0.4 is 5.56 Å². The molecule has 3 aromatic rings. The Balaban J connectivity index is 1.22. The zero-order valence-electron chi connectivity index (χ0n) is 18.3. The third-order valence-corrected chi connectivity index (χ3v) is 7.05. The third-order valence-electron chi connectivity index (χ3n) is 7.05. The first-order chi connectivity index (χ1) is 15.1. The molecule has 1 amide bonds. The molecule has 0 atom stereocenters. The van der Waals surface area contributed by atoms with Gasteiger partial charge in [0, 0.05) is 56.1 Å². The minimum Gasteiger partial charge on any atom is -0.349 e. The fraction of sp³-hybridized carbons (Fsp3) is 0.542. The Kier molecular flexibility index (Phi) is 5.52. The van der Waals surface area contributed by atoms with E-state index in [0.29, 0.717) is 30.0 Å². The molecule has 7 heteroatoms. The second-order valence-corrected chi connectivity index (χ2v) is 9.10. The molecular weight excluding hydrogens is 390 g/mol. The predicted octanol–water partition coefficient (Wildman–Crippen LogP) is 3.05. The van der Waals surface area contributed by atoms with Crippen molar-refractivity contribution in [1.29, 1.82) is 0 Å². The van der Waals surface area contributed by atoms with Crippen molar-refractivity contribution in [2.24, 2.45) is 0 Å². The van der Waals surface area contributed by atoms with Crippen molar-refractivity contribution in [3.8, 4) is 0 Å². The van der Waals surface area contributed by atoms with Crippen LogP contribution in [0.1, 0.15) is 44.1 Å². The molecule has 0 spiro atoms. The normalized spacial score (nSPS) is 18.8. The van der Waals surface area contributed by atoms with E-state index in [1.165, 1.54) is 32.1 Å². The van der Waals surface area contributed by atoms with E-state index in [9.17, 15) is 9.59 Å². The zero-order valence-corrected chi connectivity index (χ0v) is 18.3. The number of aromatic nitrogens is 3. The Morgan fingerprint density at radius 3 is 2.68 bits per heavy atom. The summed E-state index contributed by atoms with van der Waals surface area (Å²) in [5, 5.41) is 0.964. The summed E-state index contributed by atoms with van der Waals surface area (Å²) in [7, 11) is 0. The molecule has 0 radical (unpaired) electrons. The van der Waals surface area contributed by atoms with Gasteiger partial charge in [-0.25, -0.2) is 4.98 Å². The van der Waals surface area contributed by atoms with Crippen LogP contribution in [0.25, 0.3) is 21.9 Å². The standard InChI is InChI=1S/C24H31N5O2/c1-17-7-8-20-19(15-17)22-23(26-20)24(31)29(16-25-22)10-9-21(30)28-13-11-27(12-14-28)18-5-3-2-4-6-18/h7-8,15-16,18,26H,2-6,9-14H2,1H3. The van der Waals surface area contributed by atoms with Gasteiger partial charge < -0.3 is 9.88 Å². The Morgan fingerprint density at radius 1 is 1.13 bits per heavy atom.